The smallest absolute Gasteiger partial charge is 0.416 e. The van der Waals surface area contributed by atoms with Crippen LogP contribution in [0.4, 0.5) is 21.0 Å². The third-order valence-corrected chi connectivity index (χ3v) is 8.87. The molecule has 2 aliphatic heterocycles. The van der Waals surface area contributed by atoms with Gasteiger partial charge in [-0.1, -0.05) is 0 Å². The lowest BCUT2D eigenvalue weighted by Gasteiger charge is -2.20. The van der Waals surface area contributed by atoms with Gasteiger partial charge in [-0.15, -0.1) is 0 Å². The van der Waals surface area contributed by atoms with Crippen LogP contribution < -0.4 is 10.6 Å². The molecular formula is C30H30Br2N10O4. The number of guanidine groups is 2. The number of benzene rings is 2. The third kappa shape index (κ3) is 7.17. The van der Waals surface area contributed by atoms with Gasteiger partial charge in [0.05, 0.1) is 70.7 Å². The molecule has 2 aromatic heterocycles. The van der Waals surface area contributed by atoms with Crippen molar-refractivity contribution in [1.82, 2.24) is 29.7 Å². The zero-order valence-corrected chi connectivity index (χ0v) is 27.8. The number of carbonyl (C=O) groups is 2. The van der Waals surface area contributed by atoms with Crippen molar-refractivity contribution in [2.24, 2.45) is 9.98 Å². The van der Waals surface area contributed by atoms with Crippen LogP contribution in [0.3, 0.4) is 0 Å². The highest BCUT2D eigenvalue weighted by Crippen LogP contribution is 2.30. The summed E-state index contributed by atoms with van der Waals surface area (Å²) in [5, 5.41) is 6.41. The lowest BCUT2D eigenvalue weighted by atomic mass is 10.2. The second-order valence-corrected chi connectivity index (χ2v) is 11.9. The average molecular weight is 754 g/mol. The predicted octanol–water partition coefficient (Wildman–Crippen LogP) is 5.80. The van der Waals surface area contributed by atoms with E-state index in [0.29, 0.717) is 62.0 Å². The van der Waals surface area contributed by atoms with Gasteiger partial charge in [-0.05, 0) is 81.8 Å². The molecule has 14 nitrogen and oxygen atoms in total. The fraction of sp³-hybridized carbons (Fsp3) is 0.333. The number of anilines is 2. The predicted molar refractivity (Wildman–Crippen MR) is 181 cm³/mol. The standard InChI is InChI=1S/C30H30Br2N10O4/c31-23-19(5-7-21-25(23)35-11-9-33-21)39-27-37-13-15-41(27)29(43)45-17-3-1-2-4-18-46-30(44)42-16-14-38-28(42)40-20-6-8-22-26(24(20)32)36-12-10-34-22/h5-12H,1-4,13-18H2,(H,37,39)(H,38,40). The van der Waals surface area contributed by atoms with E-state index in [-0.39, 0.29) is 13.2 Å². The summed E-state index contributed by atoms with van der Waals surface area (Å²) in [4.78, 5) is 54.7. The number of amides is 2. The number of rotatable bonds is 9. The Morgan fingerprint density at radius 1 is 0.652 bits per heavy atom. The van der Waals surface area contributed by atoms with Crippen molar-refractivity contribution in [3.8, 4) is 0 Å². The van der Waals surface area contributed by atoms with E-state index >= 15 is 0 Å². The van der Waals surface area contributed by atoms with Crippen LogP contribution in [0.2, 0.25) is 0 Å². The fourth-order valence-corrected chi connectivity index (χ4v) is 6.01. The van der Waals surface area contributed by atoms with Gasteiger partial charge < -0.3 is 20.1 Å². The molecule has 4 heterocycles. The van der Waals surface area contributed by atoms with E-state index in [0.717, 1.165) is 44.2 Å². The average Bonchev–Trinajstić information content (AvgIpc) is 3.75. The SMILES string of the molecule is O=C(OCCCCCCOC(=O)N1CCN=C1Nc1ccc2nccnc2c1Br)N1CCN=C1Nc1ccc2nccnc2c1Br. The maximum atomic E-state index is 12.8. The number of unbranched alkanes of at least 4 members (excludes halogenated alkanes) is 3. The van der Waals surface area contributed by atoms with Crippen LogP contribution in [-0.4, -0.2) is 93.2 Å². The Balaban J connectivity index is 0.879. The van der Waals surface area contributed by atoms with Crippen LogP contribution in [0.15, 0.2) is 68.0 Å². The minimum Gasteiger partial charge on any atom is -0.449 e. The molecule has 16 heteroatoms. The van der Waals surface area contributed by atoms with Crippen molar-refractivity contribution in [3.63, 3.8) is 0 Å². The summed E-state index contributed by atoms with van der Waals surface area (Å²) in [5.41, 5.74) is 4.39. The molecule has 6 rings (SSSR count). The molecule has 0 aliphatic carbocycles. The largest absolute Gasteiger partial charge is 0.449 e. The summed E-state index contributed by atoms with van der Waals surface area (Å²) in [6.07, 6.45) is 8.67. The summed E-state index contributed by atoms with van der Waals surface area (Å²) in [7, 11) is 0. The van der Waals surface area contributed by atoms with E-state index in [9.17, 15) is 9.59 Å². The van der Waals surface area contributed by atoms with E-state index < -0.39 is 12.2 Å². The van der Waals surface area contributed by atoms with Gasteiger partial charge in [0.15, 0.2) is 0 Å². The van der Waals surface area contributed by atoms with Crippen LogP contribution in [0.25, 0.3) is 22.1 Å². The molecule has 0 fully saturated rings. The Labute approximate surface area is 281 Å². The maximum Gasteiger partial charge on any atom is 0.416 e. The summed E-state index contributed by atoms with van der Waals surface area (Å²) in [6.45, 7) is 2.41. The molecule has 0 radical (unpaired) electrons. The van der Waals surface area contributed by atoms with Gasteiger partial charge in [0.1, 0.15) is 11.0 Å². The minimum absolute atomic E-state index is 0.285. The molecule has 2 aliphatic rings. The lowest BCUT2D eigenvalue weighted by Crippen LogP contribution is -2.39. The number of nitrogens with one attached hydrogen (secondary N) is 2. The van der Waals surface area contributed by atoms with Crippen molar-refractivity contribution >= 4 is 89.4 Å². The van der Waals surface area contributed by atoms with Crippen LogP contribution in [0.1, 0.15) is 25.7 Å². The van der Waals surface area contributed by atoms with E-state index in [4.69, 9.17) is 9.47 Å². The van der Waals surface area contributed by atoms with Gasteiger partial charge in [-0.3, -0.25) is 29.9 Å². The number of nitrogens with zero attached hydrogens (tertiary/aromatic N) is 8. The maximum absolute atomic E-state index is 12.8. The number of ether oxygens (including phenoxy) is 2. The topological polar surface area (TPSA) is 159 Å². The van der Waals surface area contributed by atoms with E-state index in [2.05, 4.69) is 72.4 Å². The molecule has 4 aromatic rings. The number of halogens is 2. The van der Waals surface area contributed by atoms with Crippen molar-refractivity contribution in [2.75, 3.05) is 50.0 Å². The second kappa shape index (κ2) is 14.8. The van der Waals surface area contributed by atoms with Crippen molar-refractivity contribution < 1.29 is 19.1 Å². The molecule has 0 unspecified atom stereocenters. The van der Waals surface area contributed by atoms with Gasteiger partial charge in [0.25, 0.3) is 0 Å². The summed E-state index contributed by atoms with van der Waals surface area (Å²) < 4.78 is 12.5. The molecule has 0 saturated carbocycles. The van der Waals surface area contributed by atoms with Crippen LogP contribution in [0.5, 0.6) is 0 Å². The third-order valence-electron chi connectivity index (χ3n) is 7.26. The highest BCUT2D eigenvalue weighted by Gasteiger charge is 2.27. The van der Waals surface area contributed by atoms with E-state index in [1.54, 1.807) is 24.8 Å². The van der Waals surface area contributed by atoms with Crippen molar-refractivity contribution in [1.29, 1.82) is 0 Å². The monoisotopic (exact) mass is 752 g/mol. The zero-order chi connectivity index (χ0) is 31.9. The molecule has 0 atom stereocenters. The van der Waals surface area contributed by atoms with Crippen LogP contribution >= 0.6 is 31.9 Å². The van der Waals surface area contributed by atoms with Gasteiger partial charge in [-0.2, -0.15) is 0 Å². The normalized spacial score (nSPS) is 14.4. The number of carbonyl (C=O) groups excluding carboxylic acids is 2. The first kappa shape index (κ1) is 31.5. The Kier molecular flexibility index (Phi) is 10.1. The van der Waals surface area contributed by atoms with Crippen molar-refractivity contribution in [2.45, 2.75) is 25.7 Å². The molecule has 2 N–H and O–H groups in total. The lowest BCUT2D eigenvalue weighted by molar-refractivity contribution is 0.118. The first-order valence-corrected chi connectivity index (χ1v) is 16.4. The molecule has 2 aromatic carbocycles. The summed E-state index contributed by atoms with van der Waals surface area (Å²) in [6, 6.07) is 7.43. The quantitative estimate of drug-likeness (QED) is 0.200. The number of fused-ring (bicyclic) bond motifs is 2. The molecular weight excluding hydrogens is 724 g/mol. The molecule has 0 saturated heterocycles. The zero-order valence-electron chi connectivity index (χ0n) is 24.7. The fourth-order valence-electron chi connectivity index (χ4n) is 4.94. The highest BCUT2D eigenvalue weighted by atomic mass is 79.9. The number of hydrogen-bond acceptors (Lipinski definition) is 12. The molecule has 46 heavy (non-hydrogen) atoms. The number of aromatic nitrogens is 4. The highest BCUT2D eigenvalue weighted by molar-refractivity contribution is 9.11. The Hall–Kier alpha value is -4.44. The van der Waals surface area contributed by atoms with Gasteiger partial charge in [-0.25, -0.2) is 19.4 Å². The van der Waals surface area contributed by atoms with Gasteiger partial charge >= 0.3 is 12.2 Å². The van der Waals surface area contributed by atoms with Crippen LogP contribution in [-0.2, 0) is 9.47 Å². The second-order valence-electron chi connectivity index (χ2n) is 10.3. The first-order chi connectivity index (χ1) is 22.5. The molecule has 2 amide bonds. The van der Waals surface area contributed by atoms with E-state index in [1.165, 1.54) is 9.80 Å². The Morgan fingerprint density at radius 3 is 1.54 bits per heavy atom. The minimum atomic E-state index is -0.449. The van der Waals surface area contributed by atoms with Crippen LogP contribution in [0, 0.1) is 0 Å². The summed E-state index contributed by atoms with van der Waals surface area (Å²) in [5.74, 6) is 0.854. The number of aliphatic imine (C=N–C) groups is 2. The van der Waals surface area contributed by atoms with Gasteiger partial charge in [0.2, 0.25) is 11.9 Å². The first-order valence-electron chi connectivity index (χ1n) is 14.8. The molecule has 238 valence electrons. The molecule has 0 spiro atoms. The summed E-state index contributed by atoms with van der Waals surface area (Å²) >= 11 is 7.15. The Bertz CT molecular complexity index is 1690. The van der Waals surface area contributed by atoms with Crippen molar-refractivity contribution in [3.05, 3.63) is 58.0 Å². The Morgan fingerprint density at radius 2 is 1.09 bits per heavy atom. The molecule has 0 bridgehead atoms. The number of hydrogen-bond donors (Lipinski definition) is 2. The van der Waals surface area contributed by atoms with Gasteiger partial charge in [0, 0.05) is 24.8 Å². The van der Waals surface area contributed by atoms with E-state index in [1.807, 2.05) is 24.3 Å².